The van der Waals surface area contributed by atoms with E-state index in [4.69, 9.17) is 18.6 Å². The molecule has 0 bridgehead atoms. The van der Waals surface area contributed by atoms with Crippen molar-refractivity contribution in [3.63, 3.8) is 0 Å². The Bertz CT molecular complexity index is 1300. The Morgan fingerprint density at radius 2 is 1.89 bits per heavy atom. The molecule has 0 fully saturated rings. The molecule has 1 heterocycles. The van der Waals surface area contributed by atoms with E-state index in [1.165, 1.54) is 27.4 Å². The average Bonchev–Trinajstić information content (AvgIpc) is 2.83. The standard InChI is InChI=1S/C24H21BrF2O7S/c1-31-19-7-12(6-16(25)24(19)33-3)15(10-21(29)32-2)23-22(30)18(28)9-14(34-23)11-35-20-5-4-13(26)8-17(20)27/h4-9,15,30H,10-11H2,1-3H3. The summed E-state index contributed by atoms with van der Waals surface area (Å²) in [6.07, 6.45) is -0.266. The zero-order valence-corrected chi connectivity index (χ0v) is 21.3. The summed E-state index contributed by atoms with van der Waals surface area (Å²) in [5.41, 5.74) is -0.274. The Balaban J connectivity index is 2.06. The molecule has 7 nitrogen and oxygen atoms in total. The SMILES string of the molecule is COC(=O)CC(c1cc(Br)c(OC)c(OC)c1)c1oc(CSc2ccc(F)cc2F)cc(=O)c1O. The molecule has 0 saturated carbocycles. The van der Waals surface area contributed by atoms with Gasteiger partial charge in [0.1, 0.15) is 17.4 Å². The first-order chi connectivity index (χ1) is 16.7. The first kappa shape index (κ1) is 26.6. The second kappa shape index (κ2) is 11.6. The number of methoxy groups -OCH3 is 3. The molecule has 0 radical (unpaired) electrons. The van der Waals surface area contributed by atoms with Crippen molar-refractivity contribution in [2.24, 2.45) is 0 Å². The van der Waals surface area contributed by atoms with Gasteiger partial charge in [0, 0.05) is 17.0 Å². The molecular formula is C24H21BrF2O7S. The van der Waals surface area contributed by atoms with Crippen LogP contribution in [0.2, 0.25) is 0 Å². The van der Waals surface area contributed by atoms with Crippen molar-refractivity contribution < 1.29 is 37.3 Å². The minimum atomic E-state index is -0.932. The number of thioether (sulfide) groups is 1. The Labute approximate surface area is 212 Å². The fourth-order valence-electron chi connectivity index (χ4n) is 3.35. The summed E-state index contributed by atoms with van der Waals surface area (Å²) in [6.45, 7) is 0. The average molecular weight is 571 g/mol. The van der Waals surface area contributed by atoms with Crippen LogP contribution in [0.1, 0.15) is 29.4 Å². The summed E-state index contributed by atoms with van der Waals surface area (Å²) < 4.78 is 49.0. The van der Waals surface area contributed by atoms with E-state index in [1.54, 1.807) is 12.1 Å². The second-order valence-corrected chi connectivity index (χ2v) is 9.10. The molecule has 186 valence electrons. The van der Waals surface area contributed by atoms with Gasteiger partial charge in [-0.2, -0.15) is 0 Å². The van der Waals surface area contributed by atoms with E-state index in [2.05, 4.69) is 15.9 Å². The van der Waals surface area contributed by atoms with Crippen LogP contribution < -0.4 is 14.9 Å². The lowest BCUT2D eigenvalue weighted by atomic mass is 9.92. The van der Waals surface area contributed by atoms with Crippen LogP contribution in [0.4, 0.5) is 8.78 Å². The number of rotatable bonds is 9. The minimum absolute atomic E-state index is 0.00560. The topological polar surface area (TPSA) is 95.2 Å². The highest BCUT2D eigenvalue weighted by Crippen LogP contribution is 2.42. The van der Waals surface area contributed by atoms with E-state index in [1.807, 2.05) is 0 Å². The van der Waals surface area contributed by atoms with E-state index in [0.29, 0.717) is 21.5 Å². The van der Waals surface area contributed by atoms with Gasteiger partial charge in [0.2, 0.25) is 11.2 Å². The third-order valence-corrected chi connectivity index (χ3v) is 6.70. The van der Waals surface area contributed by atoms with Gasteiger partial charge in [-0.1, -0.05) is 0 Å². The molecule has 0 aliphatic heterocycles. The summed E-state index contributed by atoms with van der Waals surface area (Å²) in [4.78, 5) is 24.9. The van der Waals surface area contributed by atoms with Gasteiger partial charge in [-0.25, -0.2) is 8.78 Å². The Morgan fingerprint density at radius 3 is 2.51 bits per heavy atom. The van der Waals surface area contributed by atoms with Gasteiger partial charge >= 0.3 is 5.97 Å². The molecule has 1 N–H and O–H groups in total. The third kappa shape index (κ3) is 6.15. The van der Waals surface area contributed by atoms with Crippen LogP contribution >= 0.6 is 27.7 Å². The monoisotopic (exact) mass is 570 g/mol. The number of halogens is 3. The van der Waals surface area contributed by atoms with Crippen molar-refractivity contribution in [2.75, 3.05) is 21.3 Å². The van der Waals surface area contributed by atoms with Crippen LogP contribution in [0.15, 0.2) is 55.0 Å². The first-order valence-corrected chi connectivity index (χ1v) is 11.9. The Kier molecular flexibility index (Phi) is 8.79. The number of hydrogen-bond donors (Lipinski definition) is 1. The highest BCUT2D eigenvalue weighted by Gasteiger charge is 2.28. The number of esters is 1. The predicted octanol–water partition coefficient (Wildman–Crippen LogP) is 5.39. The summed E-state index contributed by atoms with van der Waals surface area (Å²) in [5, 5.41) is 10.6. The van der Waals surface area contributed by atoms with E-state index in [0.717, 1.165) is 30.0 Å². The lowest BCUT2D eigenvalue weighted by Crippen LogP contribution is -2.14. The molecule has 0 aliphatic carbocycles. The van der Waals surface area contributed by atoms with Crippen molar-refractivity contribution in [1.29, 1.82) is 0 Å². The van der Waals surface area contributed by atoms with Gasteiger partial charge in [-0.05, 0) is 45.8 Å². The molecule has 0 spiro atoms. The lowest BCUT2D eigenvalue weighted by Gasteiger charge is -2.20. The zero-order valence-electron chi connectivity index (χ0n) is 18.9. The van der Waals surface area contributed by atoms with Gasteiger partial charge in [-0.3, -0.25) is 9.59 Å². The highest BCUT2D eigenvalue weighted by molar-refractivity contribution is 9.10. The maximum Gasteiger partial charge on any atom is 0.306 e. The van der Waals surface area contributed by atoms with Crippen molar-refractivity contribution in [3.8, 4) is 17.2 Å². The van der Waals surface area contributed by atoms with Crippen molar-refractivity contribution >= 4 is 33.7 Å². The van der Waals surface area contributed by atoms with Crippen LogP contribution in [-0.2, 0) is 15.3 Å². The van der Waals surface area contributed by atoms with Gasteiger partial charge in [0.25, 0.3) is 0 Å². The number of carbonyl (C=O) groups is 1. The lowest BCUT2D eigenvalue weighted by molar-refractivity contribution is -0.140. The van der Waals surface area contributed by atoms with Crippen LogP contribution in [0.3, 0.4) is 0 Å². The molecular weight excluding hydrogens is 550 g/mol. The van der Waals surface area contributed by atoms with E-state index < -0.39 is 34.7 Å². The molecule has 0 amide bonds. The molecule has 0 saturated heterocycles. The number of hydrogen-bond acceptors (Lipinski definition) is 8. The third-order valence-electron chi connectivity index (χ3n) is 5.04. The number of aromatic hydroxyl groups is 1. The van der Waals surface area contributed by atoms with Crippen LogP contribution in [0.25, 0.3) is 0 Å². The van der Waals surface area contributed by atoms with E-state index in [9.17, 15) is 23.5 Å². The molecule has 1 atom stereocenters. The Morgan fingerprint density at radius 1 is 1.14 bits per heavy atom. The summed E-state index contributed by atoms with van der Waals surface area (Å²) in [7, 11) is 4.11. The normalized spacial score (nSPS) is 11.7. The molecule has 0 aliphatic rings. The molecule has 35 heavy (non-hydrogen) atoms. The quantitative estimate of drug-likeness (QED) is 0.270. The smallest absolute Gasteiger partial charge is 0.306 e. The van der Waals surface area contributed by atoms with Gasteiger partial charge in [0.15, 0.2) is 17.3 Å². The molecule has 2 aromatic carbocycles. The molecule has 1 unspecified atom stereocenters. The summed E-state index contributed by atoms with van der Waals surface area (Å²) in [6, 6.07) is 7.45. The van der Waals surface area contributed by atoms with Crippen LogP contribution in [-0.4, -0.2) is 32.4 Å². The summed E-state index contributed by atoms with van der Waals surface area (Å²) >= 11 is 4.37. The Hall–Kier alpha value is -3.05. The zero-order chi connectivity index (χ0) is 25.7. The van der Waals surface area contributed by atoms with Crippen molar-refractivity contribution in [1.82, 2.24) is 0 Å². The maximum atomic E-state index is 14.0. The molecule has 11 heteroatoms. The minimum Gasteiger partial charge on any atom is -0.502 e. The molecule has 1 aromatic heterocycles. The van der Waals surface area contributed by atoms with Gasteiger partial charge in [-0.15, -0.1) is 11.8 Å². The van der Waals surface area contributed by atoms with E-state index >= 15 is 0 Å². The van der Waals surface area contributed by atoms with Gasteiger partial charge in [0.05, 0.1) is 43.9 Å². The largest absolute Gasteiger partial charge is 0.502 e. The molecule has 3 rings (SSSR count). The fourth-order valence-corrected chi connectivity index (χ4v) is 4.78. The predicted molar refractivity (Wildman–Crippen MR) is 128 cm³/mol. The maximum absolute atomic E-state index is 14.0. The van der Waals surface area contributed by atoms with Crippen LogP contribution in [0, 0.1) is 11.6 Å². The molecule has 3 aromatic rings. The number of ether oxygens (including phenoxy) is 3. The van der Waals surface area contributed by atoms with Crippen molar-refractivity contribution in [3.05, 3.63) is 79.8 Å². The van der Waals surface area contributed by atoms with Crippen LogP contribution in [0.5, 0.6) is 17.2 Å². The highest BCUT2D eigenvalue weighted by atomic mass is 79.9. The number of carbonyl (C=O) groups excluding carboxylic acids is 1. The number of benzene rings is 2. The second-order valence-electron chi connectivity index (χ2n) is 7.22. The van der Waals surface area contributed by atoms with Gasteiger partial charge < -0.3 is 23.7 Å². The fraction of sp³-hybridized carbons (Fsp3) is 0.250. The summed E-state index contributed by atoms with van der Waals surface area (Å²) in [5.74, 6) is -2.99. The van der Waals surface area contributed by atoms with Crippen molar-refractivity contribution in [2.45, 2.75) is 23.0 Å². The van der Waals surface area contributed by atoms with E-state index in [-0.39, 0.29) is 28.6 Å². The first-order valence-electron chi connectivity index (χ1n) is 10.1.